The fraction of sp³-hybridized carbons (Fsp3) is 0.500. The van der Waals surface area contributed by atoms with Crippen LogP contribution in [0.3, 0.4) is 0 Å². The molecule has 1 unspecified atom stereocenters. The minimum absolute atomic E-state index is 0.146. The van der Waals surface area contributed by atoms with E-state index in [0.29, 0.717) is 0 Å². The van der Waals surface area contributed by atoms with E-state index in [0.717, 1.165) is 42.8 Å². The lowest BCUT2D eigenvalue weighted by Crippen LogP contribution is -2.20. The van der Waals surface area contributed by atoms with Crippen molar-refractivity contribution in [3.05, 3.63) is 36.4 Å². The summed E-state index contributed by atoms with van der Waals surface area (Å²) in [5, 5.41) is 0. The van der Waals surface area contributed by atoms with E-state index in [4.69, 9.17) is 9.47 Å². The molecule has 0 aliphatic rings. The molecule has 0 radical (unpaired) electrons. The van der Waals surface area contributed by atoms with Crippen LogP contribution in [0.2, 0.25) is 0 Å². The van der Waals surface area contributed by atoms with Crippen molar-refractivity contribution >= 4 is 5.57 Å². The first-order chi connectivity index (χ1) is 8.67. The van der Waals surface area contributed by atoms with Gasteiger partial charge in [-0.1, -0.05) is 44.6 Å². The molecule has 0 amide bonds. The van der Waals surface area contributed by atoms with E-state index in [1.807, 2.05) is 31.2 Å². The number of unbranched alkanes of at least 4 members (excludes halogenated alkanes) is 1. The van der Waals surface area contributed by atoms with Crippen LogP contribution in [0.15, 0.2) is 30.8 Å². The second-order valence-corrected chi connectivity index (χ2v) is 4.48. The third-order valence-corrected chi connectivity index (χ3v) is 2.75. The van der Waals surface area contributed by atoms with E-state index in [9.17, 15) is 0 Å². The Bertz CT molecular complexity index is 354. The summed E-state index contributed by atoms with van der Waals surface area (Å²) in [6.07, 6.45) is 2.93. The van der Waals surface area contributed by atoms with Gasteiger partial charge in [-0.25, -0.2) is 0 Å². The second kappa shape index (κ2) is 7.93. The van der Waals surface area contributed by atoms with Gasteiger partial charge in [0, 0.05) is 6.42 Å². The molecule has 0 aromatic heterocycles. The van der Waals surface area contributed by atoms with Gasteiger partial charge < -0.3 is 9.47 Å². The number of benzene rings is 1. The van der Waals surface area contributed by atoms with Crippen molar-refractivity contribution in [2.45, 2.75) is 46.3 Å². The fourth-order valence-electron chi connectivity index (χ4n) is 1.56. The van der Waals surface area contributed by atoms with Crippen molar-refractivity contribution in [1.29, 1.82) is 0 Å². The van der Waals surface area contributed by atoms with Crippen LogP contribution in [0.4, 0.5) is 0 Å². The van der Waals surface area contributed by atoms with Crippen LogP contribution in [0.5, 0.6) is 5.75 Å². The number of hydrogen-bond acceptors (Lipinski definition) is 2. The van der Waals surface area contributed by atoms with Gasteiger partial charge in [0.05, 0.1) is 6.61 Å². The number of hydrogen-bond donors (Lipinski definition) is 0. The Balaban J connectivity index is 2.50. The first kappa shape index (κ1) is 14.8. The van der Waals surface area contributed by atoms with E-state index >= 15 is 0 Å². The van der Waals surface area contributed by atoms with Crippen LogP contribution in [0.25, 0.3) is 5.57 Å². The lowest BCUT2D eigenvalue weighted by atomic mass is 10.1. The van der Waals surface area contributed by atoms with Gasteiger partial charge in [-0.3, -0.25) is 0 Å². The second-order valence-electron chi connectivity index (χ2n) is 4.48. The Morgan fingerprint density at radius 3 is 2.39 bits per heavy atom. The molecule has 2 heteroatoms. The van der Waals surface area contributed by atoms with Crippen molar-refractivity contribution in [1.82, 2.24) is 0 Å². The van der Waals surface area contributed by atoms with E-state index in [1.54, 1.807) is 0 Å². The first-order valence-electron chi connectivity index (χ1n) is 6.71. The zero-order chi connectivity index (χ0) is 13.4. The summed E-state index contributed by atoms with van der Waals surface area (Å²) in [5.74, 6) is 0.850. The van der Waals surface area contributed by atoms with Gasteiger partial charge in [0.2, 0.25) is 0 Å². The van der Waals surface area contributed by atoms with Crippen molar-refractivity contribution in [2.75, 3.05) is 6.61 Å². The highest BCUT2D eigenvalue weighted by molar-refractivity contribution is 5.61. The van der Waals surface area contributed by atoms with Crippen LogP contribution in [0.1, 0.15) is 45.6 Å². The largest absolute Gasteiger partial charge is 0.465 e. The highest BCUT2D eigenvalue weighted by Gasteiger charge is 2.07. The lowest BCUT2D eigenvalue weighted by Gasteiger charge is -2.18. The normalized spacial score (nSPS) is 12.2. The molecule has 0 fully saturated rings. The number of ether oxygens (including phenoxy) is 2. The summed E-state index contributed by atoms with van der Waals surface area (Å²) in [6, 6.07) is 7.98. The quantitative estimate of drug-likeness (QED) is 0.492. The summed E-state index contributed by atoms with van der Waals surface area (Å²) >= 11 is 0. The lowest BCUT2D eigenvalue weighted by molar-refractivity contribution is -0.0822. The van der Waals surface area contributed by atoms with Crippen LogP contribution in [-0.2, 0) is 4.74 Å². The third-order valence-electron chi connectivity index (χ3n) is 2.75. The van der Waals surface area contributed by atoms with Gasteiger partial charge in [0.15, 0.2) is 6.29 Å². The Hall–Kier alpha value is -1.28. The SMILES string of the molecule is C=C(C)c1ccc(OC(CC)OCCCC)cc1. The van der Waals surface area contributed by atoms with Crippen LogP contribution < -0.4 is 4.74 Å². The molecule has 0 N–H and O–H groups in total. The van der Waals surface area contributed by atoms with Crippen molar-refractivity contribution in [2.24, 2.45) is 0 Å². The Kier molecular flexibility index (Phi) is 6.51. The molecule has 0 bridgehead atoms. The van der Waals surface area contributed by atoms with E-state index < -0.39 is 0 Å². The maximum atomic E-state index is 5.79. The number of rotatable bonds is 8. The molecule has 0 aliphatic carbocycles. The highest BCUT2D eigenvalue weighted by atomic mass is 16.7. The molecule has 1 aromatic carbocycles. The monoisotopic (exact) mass is 248 g/mol. The predicted molar refractivity (Wildman–Crippen MR) is 76.7 cm³/mol. The molecule has 18 heavy (non-hydrogen) atoms. The molecule has 0 heterocycles. The molecule has 2 nitrogen and oxygen atoms in total. The van der Waals surface area contributed by atoms with Gasteiger partial charge in [-0.2, -0.15) is 0 Å². The molecule has 0 saturated carbocycles. The van der Waals surface area contributed by atoms with E-state index in [-0.39, 0.29) is 6.29 Å². The van der Waals surface area contributed by atoms with Crippen molar-refractivity contribution in [3.8, 4) is 5.75 Å². The summed E-state index contributed by atoms with van der Waals surface area (Å²) in [7, 11) is 0. The predicted octanol–water partition coefficient (Wildman–Crippen LogP) is 4.65. The maximum absolute atomic E-state index is 5.79. The average Bonchev–Trinajstić information content (AvgIpc) is 2.38. The standard InChI is InChI=1S/C16H24O2/c1-5-7-12-17-16(6-2)18-15-10-8-14(9-11-15)13(3)4/h8-11,16H,3,5-7,12H2,1-2,4H3. The van der Waals surface area contributed by atoms with Crippen LogP contribution in [-0.4, -0.2) is 12.9 Å². The first-order valence-corrected chi connectivity index (χ1v) is 6.71. The minimum atomic E-state index is -0.146. The minimum Gasteiger partial charge on any atom is -0.465 e. The van der Waals surface area contributed by atoms with Gasteiger partial charge in [0.1, 0.15) is 5.75 Å². The Morgan fingerprint density at radius 2 is 1.89 bits per heavy atom. The zero-order valence-electron chi connectivity index (χ0n) is 11.7. The van der Waals surface area contributed by atoms with Gasteiger partial charge in [-0.15, -0.1) is 0 Å². The summed E-state index contributed by atoms with van der Waals surface area (Å²) in [4.78, 5) is 0. The average molecular weight is 248 g/mol. The van der Waals surface area contributed by atoms with Crippen LogP contribution >= 0.6 is 0 Å². The molecule has 100 valence electrons. The third kappa shape index (κ3) is 4.92. The van der Waals surface area contributed by atoms with Crippen molar-refractivity contribution in [3.63, 3.8) is 0 Å². The van der Waals surface area contributed by atoms with Gasteiger partial charge in [-0.05, 0) is 31.0 Å². The fourth-order valence-corrected chi connectivity index (χ4v) is 1.56. The zero-order valence-corrected chi connectivity index (χ0v) is 11.7. The number of allylic oxidation sites excluding steroid dienone is 1. The summed E-state index contributed by atoms with van der Waals surface area (Å²) in [5.41, 5.74) is 2.20. The molecule has 0 spiro atoms. The molecule has 1 rings (SSSR count). The highest BCUT2D eigenvalue weighted by Crippen LogP contribution is 2.19. The Morgan fingerprint density at radius 1 is 1.22 bits per heavy atom. The molecule has 0 saturated heterocycles. The maximum Gasteiger partial charge on any atom is 0.199 e. The molecular weight excluding hydrogens is 224 g/mol. The van der Waals surface area contributed by atoms with E-state index in [2.05, 4.69) is 20.4 Å². The summed E-state index contributed by atoms with van der Waals surface area (Å²) in [6.45, 7) is 10.9. The van der Waals surface area contributed by atoms with Gasteiger partial charge >= 0.3 is 0 Å². The smallest absolute Gasteiger partial charge is 0.199 e. The molecule has 0 aliphatic heterocycles. The molecule has 1 aromatic rings. The van der Waals surface area contributed by atoms with Gasteiger partial charge in [0.25, 0.3) is 0 Å². The molecule has 1 atom stereocenters. The topological polar surface area (TPSA) is 18.5 Å². The van der Waals surface area contributed by atoms with E-state index in [1.165, 1.54) is 0 Å². The molecular formula is C16H24O2. The Labute approximate surface area is 111 Å². The van der Waals surface area contributed by atoms with Crippen molar-refractivity contribution < 1.29 is 9.47 Å². The van der Waals surface area contributed by atoms with Crippen LogP contribution in [0, 0.1) is 0 Å². The summed E-state index contributed by atoms with van der Waals surface area (Å²) < 4.78 is 11.5.